The lowest BCUT2D eigenvalue weighted by Gasteiger charge is -2.36. The maximum Gasteiger partial charge on any atom is 0.251 e. The Morgan fingerprint density at radius 3 is 2.43 bits per heavy atom. The Morgan fingerprint density at radius 2 is 1.83 bits per heavy atom. The molecule has 0 aromatic heterocycles. The molecule has 1 aromatic rings. The van der Waals surface area contributed by atoms with Crippen LogP contribution in [0.1, 0.15) is 50.4 Å². The fourth-order valence-electron chi connectivity index (χ4n) is 4.77. The molecular weight excluding hydrogens is 402 g/mol. The molecule has 3 atom stereocenters. The molecular formula is C22H35N3O4S. The van der Waals surface area contributed by atoms with Crippen molar-refractivity contribution in [3.05, 3.63) is 23.8 Å². The van der Waals surface area contributed by atoms with E-state index in [2.05, 4.69) is 24.1 Å². The highest BCUT2D eigenvalue weighted by molar-refractivity contribution is 7.89. The summed E-state index contributed by atoms with van der Waals surface area (Å²) < 4.78 is 32.8. The highest BCUT2D eigenvalue weighted by Crippen LogP contribution is 2.30. The lowest BCUT2D eigenvalue weighted by molar-refractivity contribution is 0.0904. The number of nitrogens with one attached hydrogen (secondary N) is 1. The molecule has 30 heavy (non-hydrogen) atoms. The Morgan fingerprint density at radius 1 is 1.20 bits per heavy atom. The van der Waals surface area contributed by atoms with Gasteiger partial charge < -0.3 is 15.0 Å². The average Bonchev–Trinajstić information content (AvgIpc) is 3.22. The minimum absolute atomic E-state index is 0.0317. The quantitative estimate of drug-likeness (QED) is 0.709. The van der Waals surface area contributed by atoms with Gasteiger partial charge in [-0.05, 0) is 56.2 Å². The van der Waals surface area contributed by atoms with E-state index in [1.807, 2.05) is 6.92 Å². The van der Waals surface area contributed by atoms with Crippen molar-refractivity contribution in [3.63, 3.8) is 0 Å². The van der Waals surface area contributed by atoms with Crippen molar-refractivity contribution in [3.8, 4) is 5.75 Å². The van der Waals surface area contributed by atoms with Gasteiger partial charge in [-0.25, -0.2) is 8.42 Å². The molecule has 168 valence electrons. The first-order valence-electron chi connectivity index (χ1n) is 10.9. The standard InChI is InChI=1S/C22H35N3O4S/c1-16-11-17(2)14-24(13-16)15-18(3)23-22(26)19-7-8-20(29-4)21(12-19)30(27,28)25-9-5-6-10-25/h7-8,12,16-18H,5-6,9-11,13-15H2,1-4H3,(H,23,26). The Kier molecular flexibility index (Phi) is 7.42. The fourth-order valence-corrected chi connectivity index (χ4v) is 6.47. The van der Waals surface area contributed by atoms with E-state index in [1.165, 1.54) is 23.9 Å². The van der Waals surface area contributed by atoms with Gasteiger partial charge in [-0.3, -0.25) is 4.79 Å². The van der Waals surface area contributed by atoms with Crippen LogP contribution in [0.15, 0.2) is 23.1 Å². The zero-order chi connectivity index (χ0) is 21.9. The molecule has 1 amide bonds. The van der Waals surface area contributed by atoms with Crippen molar-refractivity contribution in [2.45, 2.75) is 51.0 Å². The summed E-state index contributed by atoms with van der Waals surface area (Å²) in [5.41, 5.74) is 0.334. The number of sulfonamides is 1. The number of nitrogens with zero attached hydrogens (tertiary/aromatic N) is 2. The van der Waals surface area contributed by atoms with Crippen molar-refractivity contribution in [1.29, 1.82) is 0 Å². The molecule has 1 aromatic carbocycles. The predicted molar refractivity (Wildman–Crippen MR) is 117 cm³/mol. The Balaban J connectivity index is 1.71. The van der Waals surface area contributed by atoms with Gasteiger partial charge in [-0.2, -0.15) is 4.31 Å². The van der Waals surface area contributed by atoms with Crippen molar-refractivity contribution in [2.24, 2.45) is 11.8 Å². The number of rotatable bonds is 7. The minimum Gasteiger partial charge on any atom is -0.495 e. The zero-order valence-corrected chi connectivity index (χ0v) is 19.4. The van der Waals surface area contributed by atoms with Crippen LogP contribution in [0.4, 0.5) is 0 Å². The molecule has 0 bridgehead atoms. The fraction of sp³-hybridized carbons (Fsp3) is 0.682. The molecule has 2 aliphatic heterocycles. The molecule has 3 unspecified atom stereocenters. The number of piperidine rings is 1. The second kappa shape index (κ2) is 9.66. The van der Waals surface area contributed by atoms with Crippen LogP contribution in [-0.2, 0) is 10.0 Å². The van der Waals surface area contributed by atoms with Gasteiger partial charge in [0.25, 0.3) is 5.91 Å². The van der Waals surface area contributed by atoms with E-state index in [4.69, 9.17) is 4.74 Å². The smallest absolute Gasteiger partial charge is 0.251 e. The van der Waals surface area contributed by atoms with Crippen LogP contribution in [0, 0.1) is 11.8 Å². The summed E-state index contributed by atoms with van der Waals surface area (Å²) >= 11 is 0. The second-order valence-electron chi connectivity index (χ2n) is 9.02. The number of hydrogen-bond donors (Lipinski definition) is 1. The summed E-state index contributed by atoms with van der Waals surface area (Å²) in [5, 5.41) is 3.03. The van der Waals surface area contributed by atoms with Gasteiger partial charge in [0, 0.05) is 44.3 Å². The van der Waals surface area contributed by atoms with Gasteiger partial charge in [0.05, 0.1) is 7.11 Å². The van der Waals surface area contributed by atoms with Crippen LogP contribution in [0.2, 0.25) is 0 Å². The van der Waals surface area contributed by atoms with E-state index < -0.39 is 10.0 Å². The molecule has 2 saturated heterocycles. The van der Waals surface area contributed by atoms with Crippen molar-refractivity contribution in [2.75, 3.05) is 39.8 Å². The van der Waals surface area contributed by atoms with E-state index in [9.17, 15) is 13.2 Å². The Hall–Kier alpha value is -1.64. The monoisotopic (exact) mass is 437 g/mol. The third kappa shape index (κ3) is 5.34. The molecule has 2 aliphatic rings. The third-order valence-electron chi connectivity index (χ3n) is 5.96. The number of benzene rings is 1. The molecule has 0 aliphatic carbocycles. The summed E-state index contributed by atoms with van der Waals surface area (Å²) in [6.45, 7) is 10.4. The largest absolute Gasteiger partial charge is 0.495 e. The second-order valence-corrected chi connectivity index (χ2v) is 10.9. The number of hydrogen-bond acceptors (Lipinski definition) is 5. The number of likely N-dealkylation sites (tertiary alicyclic amines) is 1. The molecule has 1 N–H and O–H groups in total. The number of amides is 1. The van der Waals surface area contributed by atoms with Gasteiger partial charge in [-0.15, -0.1) is 0 Å². The molecule has 0 saturated carbocycles. The van der Waals surface area contributed by atoms with Gasteiger partial charge in [0.15, 0.2) is 0 Å². The van der Waals surface area contributed by atoms with Crippen LogP contribution in [0.3, 0.4) is 0 Å². The predicted octanol–water partition coefficient (Wildman–Crippen LogP) is 2.58. The van der Waals surface area contributed by atoms with E-state index in [1.54, 1.807) is 12.1 Å². The van der Waals surface area contributed by atoms with Crippen molar-refractivity contribution in [1.82, 2.24) is 14.5 Å². The Labute approximate surface area is 180 Å². The summed E-state index contributed by atoms with van der Waals surface area (Å²) in [7, 11) is -2.24. The van der Waals surface area contributed by atoms with Crippen LogP contribution in [0.5, 0.6) is 5.75 Å². The summed E-state index contributed by atoms with van der Waals surface area (Å²) in [5.74, 6) is 1.33. The van der Waals surface area contributed by atoms with E-state index in [-0.39, 0.29) is 22.6 Å². The first-order chi connectivity index (χ1) is 14.2. The highest BCUT2D eigenvalue weighted by atomic mass is 32.2. The van der Waals surface area contributed by atoms with Crippen LogP contribution >= 0.6 is 0 Å². The third-order valence-corrected chi connectivity index (χ3v) is 7.88. The van der Waals surface area contributed by atoms with Crippen LogP contribution in [-0.4, -0.2) is 69.4 Å². The summed E-state index contributed by atoms with van der Waals surface area (Å²) in [6.07, 6.45) is 2.96. The van der Waals surface area contributed by atoms with Crippen molar-refractivity contribution >= 4 is 15.9 Å². The van der Waals surface area contributed by atoms with Gasteiger partial charge >= 0.3 is 0 Å². The maximum atomic E-state index is 13.0. The van der Waals surface area contributed by atoms with Gasteiger partial charge in [0.1, 0.15) is 10.6 Å². The molecule has 0 radical (unpaired) electrons. The van der Waals surface area contributed by atoms with Crippen LogP contribution in [0.25, 0.3) is 0 Å². The SMILES string of the molecule is COc1ccc(C(=O)NC(C)CN2CC(C)CC(C)C2)cc1S(=O)(=O)N1CCCC1. The molecule has 7 nitrogen and oxygen atoms in total. The normalized spacial score (nSPS) is 24.5. The number of methoxy groups -OCH3 is 1. The molecule has 3 rings (SSSR count). The zero-order valence-electron chi connectivity index (χ0n) is 18.6. The molecule has 2 heterocycles. The lowest BCUT2D eigenvalue weighted by Crippen LogP contribution is -2.47. The average molecular weight is 438 g/mol. The number of carbonyl (C=O) groups is 1. The van der Waals surface area contributed by atoms with Crippen molar-refractivity contribution < 1.29 is 17.9 Å². The lowest BCUT2D eigenvalue weighted by atomic mass is 9.92. The Bertz CT molecular complexity index is 842. The first kappa shape index (κ1) is 23.0. The first-order valence-corrected chi connectivity index (χ1v) is 12.4. The van der Waals surface area contributed by atoms with Gasteiger partial charge in [-0.1, -0.05) is 13.8 Å². The van der Waals surface area contributed by atoms with E-state index >= 15 is 0 Å². The number of carbonyl (C=O) groups excluding carboxylic acids is 1. The maximum absolute atomic E-state index is 13.0. The summed E-state index contributed by atoms with van der Waals surface area (Å²) in [4.78, 5) is 15.3. The van der Waals surface area contributed by atoms with E-state index in [0.717, 1.165) is 32.5 Å². The number of ether oxygens (including phenoxy) is 1. The van der Waals surface area contributed by atoms with Gasteiger partial charge in [0.2, 0.25) is 10.0 Å². The minimum atomic E-state index is -3.68. The van der Waals surface area contributed by atoms with E-state index in [0.29, 0.717) is 30.5 Å². The molecule has 0 spiro atoms. The highest BCUT2D eigenvalue weighted by Gasteiger charge is 2.31. The van der Waals surface area contributed by atoms with Crippen LogP contribution < -0.4 is 10.1 Å². The summed E-state index contributed by atoms with van der Waals surface area (Å²) in [6, 6.07) is 4.60. The molecule has 2 fully saturated rings. The topological polar surface area (TPSA) is 79.0 Å². The molecule has 8 heteroatoms.